The molecular weight excluding hydrogens is 627 g/mol. The summed E-state index contributed by atoms with van der Waals surface area (Å²) in [5.74, 6) is -0.925. The van der Waals surface area contributed by atoms with Gasteiger partial charge >= 0.3 is 5.97 Å². The molecule has 0 amide bonds. The van der Waals surface area contributed by atoms with Crippen LogP contribution < -0.4 is 20.1 Å². The molecule has 4 aliphatic rings. The molecule has 3 aliphatic heterocycles. The maximum atomic E-state index is 11.9. The molecule has 1 fully saturated rings. The number of carboxylic acids is 1. The summed E-state index contributed by atoms with van der Waals surface area (Å²) < 4.78 is 2.54. The number of aryl methyl sites for hydroxylation is 1. The van der Waals surface area contributed by atoms with Gasteiger partial charge in [-0.25, -0.2) is 0 Å². The van der Waals surface area contributed by atoms with E-state index in [1.165, 1.54) is 56.3 Å². The normalized spacial score (nSPS) is 21.8. The predicted octanol–water partition coefficient (Wildman–Crippen LogP) is 8.53. The first-order valence-electron chi connectivity index (χ1n) is 19.5. The number of unbranched alkanes of at least 4 members (excludes halogenated alkanes) is 2. The van der Waals surface area contributed by atoms with E-state index in [-0.39, 0.29) is 16.7 Å². The largest absolute Gasteiger partial charge is 0.481 e. The predicted molar refractivity (Wildman–Crippen MR) is 213 cm³/mol. The summed E-state index contributed by atoms with van der Waals surface area (Å²) in [4.78, 5) is 17.0. The highest BCUT2D eigenvalue weighted by Crippen LogP contribution is 2.48. The average Bonchev–Trinajstić information content (AvgIpc) is 3.44. The highest BCUT2D eigenvalue weighted by atomic mass is 16.4. The van der Waals surface area contributed by atoms with Gasteiger partial charge in [-0.15, -0.1) is 12.2 Å². The molecule has 0 radical (unpaired) electrons. The lowest BCUT2D eigenvalue weighted by molar-refractivity contribution is -0.143. The highest BCUT2D eigenvalue weighted by molar-refractivity contribution is 5.72. The third-order valence-corrected chi connectivity index (χ3v) is 11.9. The minimum atomic E-state index is -0.662. The van der Waals surface area contributed by atoms with Gasteiger partial charge in [0.2, 0.25) is 0 Å². The molecule has 3 heterocycles. The van der Waals surface area contributed by atoms with E-state index in [1.54, 1.807) is 0 Å². The first kappa shape index (κ1) is 36.8. The number of carbonyl (C=O) groups is 1. The standard InChI is InChI=1S/C46H60N3O2/c1-9-11-26-48-39-20-16-32(3)30-37(39)45(5,6)41(48)22-18-34-14-13-15-35(43(34)47-28-24-36(25-29-47)44(50)51)19-23-42-46(7,8)38-31-33(4)17-21-40(38)49(42)27-12-10-2/h16-23,30-31,36H,1,4,9-15,24-29H2,2-3,5-8H3,(H,50,51)/q-1. The molecule has 0 atom stereocenters. The zero-order valence-electron chi connectivity index (χ0n) is 32.2. The molecule has 6 rings (SSSR count). The van der Waals surface area contributed by atoms with Crippen LogP contribution in [0.25, 0.3) is 6.58 Å². The van der Waals surface area contributed by atoms with Crippen molar-refractivity contribution in [1.82, 2.24) is 9.48 Å². The minimum Gasteiger partial charge on any atom is -0.481 e. The minimum absolute atomic E-state index is 0.115. The fourth-order valence-corrected chi connectivity index (χ4v) is 8.93. The van der Waals surface area contributed by atoms with Crippen molar-refractivity contribution in [2.45, 2.75) is 110 Å². The van der Waals surface area contributed by atoms with E-state index >= 15 is 0 Å². The van der Waals surface area contributed by atoms with E-state index in [0.717, 1.165) is 76.3 Å². The second-order valence-corrected chi connectivity index (χ2v) is 16.3. The molecule has 0 bridgehead atoms. The third kappa shape index (κ3) is 7.10. The van der Waals surface area contributed by atoms with E-state index in [1.807, 2.05) is 0 Å². The van der Waals surface area contributed by atoms with Crippen molar-refractivity contribution in [3.63, 3.8) is 0 Å². The van der Waals surface area contributed by atoms with E-state index in [9.17, 15) is 9.90 Å². The molecular formula is C46H60N3O2-. The van der Waals surface area contributed by atoms with Crippen LogP contribution in [0.15, 0.2) is 83.2 Å². The molecule has 1 aliphatic carbocycles. The first-order valence-corrected chi connectivity index (χ1v) is 19.5. The van der Waals surface area contributed by atoms with Crippen LogP contribution in [0.5, 0.6) is 0 Å². The molecule has 5 heteroatoms. The second kappa shape index (κ2) is 14.9. The van der Waals surface area contributed by atoms with Crippen molar-refractivity contribution in [2.24, 2.45) is 5.92 Å². The quantitative estimate of drug-likeness (QED) is 0.190. The maximum Gasteiger partial charge on any atom is 0.306 e. The van der Waals surface area contributed by atoms with Gasteiger partial charge in [0.15, 0.2) is 0 Å². The van der Waals surface area contributed by atoms with Crippen molar-refractivity contribution in [3.8, 4) is 0 Å². The summed E-state index contributed by atoms with van der Waals surface area (Å²) in [5, 5.41) is 12.2. The lowest BCUT2D eigenvalue weighted by atomic mass is 9.79. The van der Waals surface area contributed by atoms with Crippen molar-refractivity contribution in [3.05, 3.63) is 123 Å². The molecule has 2 aromatic rings. The van der Waals surface area contributed by atoms with Gasteiger partial charge in [0.1, 0.15) is 11.9 Å². The van der Waals surface area contributed by atoms with Crippen molar-refractivity contribution in [1.29, 1.82) is 0 Å². The maximum absolute atomic E-state index is 11.9. The molecule has 1 N–H and O–H groups in total. The Labute approximate surface area is 307 Å². The van der Waals surface area contributed by atoms with Crippen LogP contribution >= 0.6 is 0 Å². The van der Waals surface area contributed by atoms with E-state index < -0.39 is 5.97 Å². The fraction of sp³-hybridized carbons (Fsp3) is 0.478. The molecule has 0 saturated carbocycles. The smallest absolute Gasteiger partial charge is 0.306 e. The number of piperidine rings is 1. The van der Waals surface area contributed by atoms with Crippen LogP contribution in [0, 0.1) is 25.8 Å². The lowest BCUT2D eigenvalue weighted by Crippen LogP contribution is -2.37. The zero-order chi connectivity index (χ0) is 36.5. The van der Waals surface area contributed by atoms with Crippen LogP contribution in [-0.4, -0.2) is 42.2 Å². The Kier molecular flexibility index (Phi) is 10.8. The first-order chi connectivity index (χ1) is 24.4. The molecule has 0 aromatic heterocycles. The number of rotatable bonds is 11. The second-order valence-electron chi connectivity index (χ2n) is 16.3. The number of benzene rings is 2. The monoisotopic (exact) mass is 686 g/mol. The summed E-state index contributed by atoms with van der Waals surface area (Å²) in [7, 11) is 0. The Balaban J connectivity index is 1.43. The lowest BCUT2D eigenvalue weighted by Gasteiger charge is -2.38. The number of carboxylic acid groups (broad SMARTS) is 1. The average molecular weight is 687 g/mol. The molecule has 272 valence electrons. The molecule has 1 saturated heterocycles. The van der Waals surface area contributed by atoms with Gasteiger partial charge < -0.3 is 26.4 Å². The van der Waals surface area contributed by atoms with Crippen LogP contribution in [0.4, 0.5) is 5.69 Å². The van der Waals surface area contributed by atoms with Gasteiger partial charge in [-0.05, 0) is 79.2 Å². The number of likely N-dealkylation sites (tertiary alicyclic amines) is 1. The molecule has 51 heavy (non-hydrogen) atoms. The summed E-state index contributed by atoms with van der Waals surface area (Å²) in [6.45, 7) is 25.8. The SMILES string of the molecule is C=c1ccc2c(c1)C(C)(C)[C-](C=CC1=C(N3CCC(C(=O)O)CC3)C(=CC=C3N(CCC[CH2-])c4ccc(C)cc4C3(C)C)CCC1)[N+]=2CCCC. The Hall–Kier alpha value is -3.99. The van der Waals surface area contributed by atoms with Gasteiger partial charge in [0, 0.05) is 54.0 Å². The zero-order valence-corrected chi connectivity index (χ0v) is 32.2. The Morgan fingerprint density at radius 3 is 2.53 bits per heavy atom. The summed E-state index contributed by atoms with van der Waals surface area (Å²) in [6, 6.07) is 14.9. The molecule has 0 spiro atoms. The van der Waals surface area contributed by atoms with Gasteiger partial charge in [-0.3, -0.25) is 4.79 Å². The van der Waals surface area contributed by atoms with Crippen LogP contribution in [0.1, 0.15) is 109 Å². The highest BCUT2D eigenvalue weighted by Gasteiger charge is 2.41. The number of nitrogens with zero attached hydrogens (tertiary/aromatic N) is 3. The Morgan fingerprint density at radius 1 is 1.06 bits per heavy atom. The third-order valence-electron chi connectivity index (χ3n) is 11.9. The number of anilines is 1. The van der Waals surface area contributed by atoms with Crippen LogP contribution in [-0.2, 0) is 15.6 Å². The van der Waals surface area contributed by atoms with Gasteiger partial charge in [0.05, 0.1) is 12.0 Å². The van der Waals surface area contributed by atoms with Gasteiger partial charge in [0.25, 0.3) is 0 Å². The number of fused-ring (bicyclic) bond motifs is 2. The van der Waals surface area contributed by atoms with Gasteiger partial charge in [-0.2, -0.15) is 6.42 Å². The summed E-state index contributed by atoms with van der Waals surface area (Å²) in [5.41, 5.74) is 10.5. The van der Waals surface area contributed by atoms with Crippen molar-refractivity contribution in [2.75, 3.05) is 31.1 Å². The summed E-state index contributed by atoms with van der Waals surface area (Å²) in [6.07, 6.45) is 18.4. The van der Waals surface area contributed by atoms with Crippen molar-refractivity contribution < 1.29 is 9.90 Å². The van der Waals surface area contributed by atoms with E-state index in [0.29, 0.717) is 12.8 Å². The topological polar surface area (TPSA) is 46.8 Å². The molecule has 5 nitrogen and oxygen atoms in total. The molecule has 2 aromatic carbocycles. The molecule has 0 unspecified atom stereocenters. The Morgan fingerprint density at radius 2 is 1.82 bits per heavy atom. The number of hydrogen-bond donors (Lipinski definition) is 1. The van der Waals surface area contributed by atoms with Crippen LogP contribution in [0.2, 0.25) is 0 Å². The van der Waals surface area contributed by atoms with Crippen molar-refractivity contribution >= 4 is 18.2 Å². The fourth-order valence-electron chi connectivity index (χ4n) is 8.93. The summed E-state index contributed by atoms with van der Waals surface area (Å²) >= 11 is 0. The Bertz CT molecular complexity index is 1880. The van der Waals surface area contributed by atoms with Gasteiger partial charge in [-0.1, -0.05) is 95.5 Å². The number of aliphatic carboxylic acids is 1. The van der Waals surface area contributed by atoms with Crippen LogP contribution in [0.3, 0.4) is 0 Å². The number of allylic oxidation sites excluding steroid dienone is 6. The van der Waals surface area contributed by atoms with E-state index in [4.69, 9.17) is 0 Å². The number of hydrogen-bond acceptors (Lipinski definition) is 3. The van der Waals surface area contributed by atoms with E-state index in [2.05, 4.69) is 130 Å².